The van der Waals surface area contributed by atoms with Crippen LogP contribution in [0.1, 0.15) is 12.5 Å². The summed E-state index contributed by atoms with van der Waals surface area (Å²) in [6, 6.07) is 6.30. The van der Waals surface area contributed by atoms with Gasteiger partial charge in [0.1, 0.15) is 0 Å². The number of carbonyl (C=O) groups excluding carboxylic acids is 1. The summed E-state index contributed by atoms with van der Waals surface area (Å²) < 4.78 is 4.85. The summed E-state index contributed by atoms with van der Waals surface area (Å²) in [5.41, 5.74) is 0.957. The first-order valence-electron chi connectivity index (χ1n) is 8.60. The molecule has 0 bridgehead atoms. The zero-order valence-corrected chi connectivity index (χ0v) is 17.6. The fourth-order valence-corrected chi connectivity index (χ4v) is 3.06. The number of nitro benzene ring substituents is 1. The van der Waals surface area contributed by atoms with Crippen LogP contribution in [0.5, 0.6) is 0 Å². The summed E-state index contributed by atoms with van der Waals surface area (Å²) in [5.74, 6) is 1.38. The number of hydrogen-bond donors (Lipinski definition) is 0. The Morgan fingerprint density at radius 3 is 2.07 bits per heavy atom. The monoisotopic (exact) mass is 452 g/mol. The standard InChI is InChI=1S/C16H15N2O4S.C5H5.Fe/c1-2-22-16(19)17-15(13-5-3-4-6-13)23-11-12-7-9-14(10-8-12)18(20)21;1-2-4-5-3-1;/h3-10H,2,11H2,1H3;1-5H;/q;;+2/b17-15+;;. The number of ether oxygens (including phenoxy) is 1. The van der Waals surface area contributed by atoms with Crippen molar-refractivity contribution in [1.82, 2.24) is 0 Å². The van der Waals surface area contributed by atoms with Crippen LogP contribution >= 0.6 is 11.8 Å². The third-order valence-corrected chi connectivity index (χ3v) is 4.53. The molecule has 1 aromatic rings. The largest absolute Gasteiger partial charge is 2.00 e. The SMILES string of the molecule is CCOC(=O)/N=C(/SCc1ccc([N+](=O)[O-])cc1)[C]1[CH][CH][CH][CH]1.[CH]1[CH][CH][CH][CH]1.[Fe+2]. The summed E-state index contributed by atoms with van der Waals surface area (Å²) in [5, 5.41) is 11.2. The van der Waals surface area contributed by atoms with Gasteiger partial charge in [-0.2, -0.15) is 4.99 Å². The fourth-order valence-electron chi connectivity index (χ4n) is 2.12. The molecule has 0 spiro atoms. The number of carbonyl (C=O) groups is 1. The Hall–Kier alpha value is -1.37. The second kappa shape index (κ2) is 14.6. The number of nitrogens with zero attached hydrogens (tertiary/aromatic N) is 2. The van der Waals surface area contributed by atoms with E-state index in [1.807, 2.05) is 57.8 Å². The number of benzene rings is 1. The minimum absolute atomic E-state index is 0. The molecule has 1 amide bonds. The van der Waals surface area contributed by atoms with E-state index in [9.17, 15) is 14.9 Å². The van der Waals surface area contributed by atoms with Gasteiger partial charge in [0.25, 0.3) is 5.69 Å². The number of nitro groups is 1. The van der Waals surface area contributed by atoms with E-state index < -0.39 is 11.0 Å². The maximum absolute atomic E-state index is 11.6. The van der Waals surface area contributed by atoms with Crippen molar-refractivity contribution in [1.29, 1.82) is 0 Å². The van der Waals surface area contributed by atoms with Crippen molar-refractivity contribution in [2.24, 2.45) is 4.99 Å². The normalized spacial score (nSPS) is 16.5. The third kappa shape index (κ3) is 9.79. The molecule has 0 heterocycles. The smallest absolute Gasteiger partial charge is 0.448 e. The fraction of sp³-hybridized carbons (Fsp3) is 0.143. The molecule has 2 aliphatic carbocycles. The maximum Gasteiger partial charge on any atom is 2.00 e. The minimum atomic E-state index is -0.625. The van der Waals surface area contributed by atoms with Gasteiger partial charge in [0, 0.05) is 23.8 Å². The van der Waals surface area contributed by atoms with E-state index in [1.165, 1.54) is 23.9 Å². The van der Waals surface area contributed by atoms with Gasteiger partial charge in [0.2, 0.25) is 0 Å². The summed E-state index contributed by atoms with van der Waals surface area (Å²) in [6.07, 6.45) is 16.8. The predicted octanol–water partition coefficient (Wildman–Crippen LogP) is 4.81. The molecule has 10 radical (unpaired) electrons. The average molecular weight is 452 g/mol. The van der Waals surface area contributed by atoms with E-state index in [1.54, 1.807) is 19.1 Å². The summed E-state index contributed by atoms with van der Waals surface area (Å²) in [4.78, 5) is 25.8. The van der Waals surface area contributed by atoms with Crippen molar-refractivity contribution < 1.29 is 31.5 Å². The molecule has 150 valence electrons. The van der Waals surface area contributed by atoms with Crippen LogP contribution in [0.15, 0.2) is 29.3 Å². The van der Waals surface area contributed by atoms with Crippen molar-refractivity contribution >= 4 is 28.6 Å². The number of thioether (sulfide) groups is 1. The molecule has 0 saturated heterocycles. The second-order valence-electron chi connectivity index (χ2n) is 5.46. The Balaban J connectivity index is 0.000000610. The van der Waals surface area contributed by atoms with Gasteiger partial charge < -0.3 is 4.74 Å². The van der Waals surface area contributed by atoms with Crippen LogP contribution in [-0.2, 0) is 27.6 Å². The van der Waals surface area contributed by atoms with Crippen LogP contribution in [0.4, 0.5) is 10.5 Å². The molecule has 3 rings (SSSR count). The van der Waals surface area contributed by atoms with E-state index >= 15 is 0 Å². The van der Waals surface area contributed by atoms with Crippen molar-refractivity contribution in [3.05, 3.63) is 104 Å². The van der Waals surface area contributed by atoms with Gasteiger partial charge in [-0.3, -0.25) is 10.1 Å². The third-order valence-electron chi connectivity index (χ3n) is 3.45. The first kappa shape index (κ1) is 25.7. The zero-order chi connectivity index (χ0) is 20.2. The van der Waals surface area contributed by atoms with Gasteiger partial charge in [-0.15, -0.1) is 11.8 Å². The molecule has 0 unspecified atom stereocenters. The topological polar surface area (TPSA) is 81.8 Å². The molecule has 1 aromatic carbocycles. The zero-order valence-electron chi connectivity index (χ0n) is 15.7. The van der Waals surface area contributed by atoms with Crippen LogP contribution in [-0.4, -0.2) is 22.7 Å². The van der Waals surface area contributed by atoms with Crippen LogP contribution < -0.4 is 0 Å². The summed E-state index contributed by atoms with van der Waals surface area (Å²) >= 11 is 1.38. The van der Waals surface area contributed by atoms with Gasteiger partial charge in [-0.05, 0) is 70.3 Å². The molecular formula is C21H20FeN2O4S+2. The summed E-state index contributed by atoms with van der Waals surface area (Å²) in [7, 11) is 0. The Kier molecular flexibility index (Phi) is 12.9. The first-order chi connectivity index (χ1) is 13.6. The molecule has 29 heavy (non-hydrogen) atoms. The molecule has 2 saturated carbocycles. The Bertz CT molecular complexity index is 650. The molecular weight excluding hydrogens is 432 g/mol. The van der Waals surface area contributed by atoms with Crippen molar-refractivity contribution in [3.8, 4) is 0 Å². The average Bonchev–Trinajstić information content (AvgIpc) is 3.42. The number of rotatable bonds is 5. The van der Waals surface area contributed by atoms with Crippen LogP contribution in [0, 0.1) is 73.8 Å². The van der Waals surface area contributed by atoms with E-state index in [4.69, 9.17) is 4.74 Å². The molecule has 6 nitrogen and oxygen atoms in total. The number of non-ortho nitro benzene ring substituents is 1. The molecule has 0 N–H and O–H groups in total. The van der Waals surface area contributed by atoms with E-state index in [0.717, 1.165) is 11.5 Å². The molecule has 0 atom stereocenters. The number of amides is 1. The van der Waals surface area contributed by atoms with Gasteiger partial charge in [0.05, 0.1) is 16.6 Å². The van der Waals surface area contributed by atoms with E-state index in [0.29, 0.717) is 10.8 Å². The second-order valence-corrected chi connectivity index (χ2v) is 6.43. The summed E-state index contributed by atoms with van der Waals surface area (Å²) in [6.45, 7) is 1.99. The Morgan fingerprint density at radius 1 is 1.03 bits per heavy atom. The molecule has 8 heteroatoms. The van der Waals surface area contributed by atoms with Gasteiger partial charge in [-0.1, -0.05) is 12.1 Å². The van der Waals surface area contributed by atoms with Crippen LogP contribution in [0.25, 0.3) is 0 Å². The van der Waals surface area contributed by atoms with Crippen LogP contribution in [0.2, 0.25) is 0 Å². The Morgan fingerprint density at radius 2 is 1.59 bits per heavy atom. The molecule has 2 fully saturated rings. The van der Waals surface area contributed by atoms with E-state index in [-0.39, 0.29) is 29.4 Å². The minimum Gasteiger partial charge on any atom is -0.448 e. The number of aliphatic imine (C=N–C) groups is 1. The predicted molar refractivity (Wildman–Crippen MR) is 111 cm³/mol. The van der Waals surface area contributed by atoms with Gasteiger partial charge >= 0.3 is 23.2 Å². The van der Waals surface area contributed by atoms with Crippen molar-refractivity contribution in [2.45, 2.75) is 12.7 Å². The Labute approximate surface area is 187 Å². The van der Waals surface area contributed by atoms with Crippen LogP contribution in [0.3, 0.4) is 0 Å². The maximum atomic E-state index is 11.6. The van der Waals surface area contributed by atoms with E-state index in [2.05, 4.69) is 4.99 Å². The van der Waals surface area contributed by atoms with Crippen molar-refractivity contribution in [3.63, 3.8) is 0 Å². The first-order valence-corrected chi connectivity index (χ1v) is 9.59. The molecule has 0 aromatic heterocycles. The van der Waals surface area contributed by atoms with Gasteiger partial charge in [-0.25, -0.2) is 4.79 Å². The quantitative estimate of drug-likeness (QED) is 0.211. The van der Waals surface area contributed by atoms with Gasteiger partial charge in [0.15, 0.2) is 0 Å². The van der Waals surface area contributed by atoms with Crippen molar-refractivity contribution in [2.75, 3.05) is 6.61 Å². The number of hydrogen-bond acceptors (Lipinski definition) is 5. The molecule has 0 aliphatic heterocycles. The molecule has 2 aliphatic rings.